The molecule has 1 heterocycles. The van der Waals surface area contributed by atoms with Gasteiger partial charge in [-0.1, -0.05) is 11.6 Å². The SMILES string of the molecule is Nc1ncc(Cl)cc1S(=O)(=O)NC1CC(N(CC(=O)O)CC2CC2)C1. The Hall–Kier alpha value is -1.42. The second-order valence-corrected chi connectivity index (χ2v) is 8.87. The standard InChI is InChI=1S/C15H21ClN4O4S/c16-10-3-13(15(17)18-6-10)25(23,24)19-11-4-12(5-11)20(8-14(21)22)7-9-1-2-9/h3,6,9,11-12,19H,1-2,4-5,7-8H2,(H2,17,18)(H,21,22). The molecule has 10 heteroatoms. The predicted molar refractivity (Wildman–Crippen MR) is 92.7 cm³/mol. The van der Waals surface area contributed by atoms with E-state index in [1.54, 1.807) is 0 Å². The van der Waals surface area contributed by atoms with Crippen LogP contribution in [0, 0.1) is 5.92 Å². The van der Waals surface area contributed by atoms with E-state index in [-0.39, 0.29) is 34.4 Å². The van der Waals surface area contributed by atoms with Crippen molar-refractivity contribution in [2.24, 2.45) is 5.92 Å². The zero-order valence-electron chi connectivity index (χ0n) is 13.6. The fraction of sp³-hybridized carbons (Fsp3) is 0.600. The molecule has 0 bridgehead atoms. The number of anilines is 1. The van der Waals surface area contributed by atoms with Crippen LogP contribution in [-0.4, -0.2) is 54.6 Å². The molecular formula is C15H21ClN4O4S. The van der Waals surface area contributed by atoms with Crippen LogP contribution in [-0.2, 0) is 14.8 Å². The first-order chi connectivity index (χ1) is 11.7. The molecule has 0 saturated heterocycles. The van der Waals surface area contributed by atoms with Crippen LogP contribution in [0.15, 0.2) is 17.2 Å². The smallest absolute Gasteiger partial charge is 0.317 e. The Kier molecular flexibility index (Phi) is 5.19. The Bertz CT molecular complexity index is 763. The molecule has 4 N–H and O–H groups in total. The van der Waals surface area contributed by atoms with Gasteiger partial charge in [0, 0.05) is 24.8 Å². The summed E-state index contributed by atoms with van der Waals surface area (Å²) in [6.07, 6.45) is 4.72. The van der Waals surface area contributed by atoms with E-state index in [9.17, 15) is 13.2 Å². The van der Waals surface area contributed by atoms with Gasteiger partial charge in [-0.25, -0.2) is 18.1 Å². The molecule has 0 spiro atoms. The summed E-state index contributed by atoms with van der Waals surface area (Å²) in [5.74, 6) is -0.385. The Balaban J connectivity index is 1.60. The molecule has 1 aromatic rings. The number of nitrogens with two attached hydrogens (primary N) is 1. The Labute approximate surface area is 151 Å². The molecule has 25 heavy (non-hydrogen) atoms. The summed E-state index contributed by atoms with van der Waals surface area (Å²) >= 11 is 5.80. The van der Waals surface area contributed by atoms with E-state index in [1.807, 2.05) is 4.90 Å². The van der Waals surface area contributed by atoms with E-state index in [0.29, 0.717) is 18.8 Å². The van der Waals surface area contributed by atoms with Gasteiger partial charge in [0.1, 0.15) is 10.7 Å². The lowest BCUT2D eigenvalue weighted by molar-refractivity contribution is -0.139. The number of nitrogens with zero attached hydrogens (tertiary/aromatic N) is 2. The van der Waals surface area contributed by atoms with Gasteiger partial charge in [0.15, 0.2) is 0 Å². The first kappa shape index (κ1) is 18.4. The van der Waals surface area contributed by atoms with Crippen LogP contribution in [0.5, 0.6) is 0 Å². The number of aliphatic carboxylic acids is 1. The molecule has 2 fully saturated rings. The van der Waals surface area contributed by atoms with Gasteiger partial charge < -0.3 is 10.8 Å². The summed E-state index contributed by atoms with van der Waals surface area (Å²) < 4.78 is 27.5. The summed E-state index contributed by atoms with van der Waals surface area (Å²) in [4.78, 5) is 16.6. The number of hydrogen-bond donors (Lipinski definition) is 3. The molecule has 0 radical (unpaired) electrons. The van der Waals surface area contributed by atoms with E-state index >= 15 is 0 Å². The first-order valence-electron chi connectivity index (χ1n) is 8.14. The Morgan fingerprint density at radius 3 is 2.72 bits per heavy atom. The van der Waals surface area contributed by atoms with Crippen LogP contribution in [0.2, 0.25) is 5.02 Å². The highest BCUT2D eigenvalue weighted by Gasteiger charge is 2.39. The maximum absolute atomic E-state index is 12.5. The summed E-state index contributed by atoms with van der Waals surface area (Å²) in [5, 5.41) is 9.25. The number of carbonyl (C=O) groups is 1. The van der Waals surface area contributed by atoms with Gasteiger partial charge in [0.25, 0.3) is 0 Å². The zero-order chi connectivity index (χ0) is 18.2. The fourth-order valence-corrected chi connectivity index (χ4v) is 4.65. The topological polar surface area (TPSA) is 126 Å². The molecule has 2 aliphatic rings. The van der Waals surface area contributed by atoms with Gasteiger partial charge in [0.2, 0.25) is 10.0 Å². The van der Waals surface area contributed by atoms with Gasteiger partial charge in [-0.2, -0.15) is 0 Å². The van der Waals surface area contributed by atoms with Crippen molar-refractivity contribution in [1.82, 2.24) is 14.6 Å². The maximum Gasteiger partial charge on any atom is 0.317 e. The number of pyridine rings is 1. The van der Waals surface area contributed by atoms with Crippen molar-refractivity contribution >= 4 is 33.4 Å². The number of hydrogen-bond acceptors (Lipinski definition) is 6. The molecule has 8 nitrogen and oxygen atoms in total. The van der Waals surface area contributed by atoms with E-state index in [2.05, 4.69) is 9.71 Å². The summed E-state index contributed by atoms with van der Waals surface area (Å²) in [5.41, 5.74) is 5.64. The molecule has 0 atom stereocenters. The minimum Gasteiger partial charge on any atom is -0.480 e. The van der Waals surface area contributed by atoms with Crippen molar-refractivity contribution in [2.75, 3.05) is 18.8 Å². The molecule has 2 aliphatic carbocycles. The van der Waals surface area contributed by atoms with E-state index in [4.69, 9.17) is 22.4 Å². The number of carboxylic acid groups (broad SMARTS) is 1. The summed E-state index contributed by atoms with van der Waals surface area (Å²) in [6.45, 7) is 0.757. The van der Waals surface area contributed by atoms with E-state index in [1.165, 1.54) is 12.3 Å². The third-order valence-corrected chi connectivity index (χ3v) is 6.37. The number of halogens is 1. The average Bonchev–Trinajstić information content (AvgIpc) is 3.28. The first-order valence-corrected chi connectivity index (χ1v) is 10.00. The van der Waals surface area contributed by atoms with Crippen molar-refractivity contribution in [3.05, 3.63) is 17.3 Å². The number of nitrogen functional groups attached to an aromatic ring is 1. The van der Waals surface area contributed by atoms with Crippen LogP contribution in [0.3, 0.4) is 0 Å². The molecular weight excluding hydrogens is 368 g/mol. The Morgan fingerprint density at radius 1 is 1.44 bits per heavy atom. The zero-order valence-corrected chi connectivity index (χ0v) is 15.1. The van der Waals surface area contributed by atoms with Crippen LogP contribution in [0.25, 0.3) is 0 Å². The Morgan fingerprint density at radius 2 is 2.12 bits per heavy atom. The van der Waals surface area contributed by atoms with Crippen LogP contribution in [0.4, 0.5) is 5.82 Å². The summed E-state index contributed by atoms with van der Waals surface area (Å²) in [6, 6.07) is 1.11. The highest BCUT2D eigenvalue weighted by atomic mass is 35.5. The molecule has 1 aromatic heterocycles. The van der Waals surface area contributed by atoms with Gasteiger partial charge >= 0.3 is 5.97 Å². The molecule has 138 valence electrons. The monoisotopic (exact) mass is 388 g/mol. The summed E-state index contributed by atoms with van der Waals surface area (Å²) in [7, 11) is -3.81. The van der Waals surface area contributed by atoms with Gasteiger partial charge in [-0.05, 0) is 37.7 Å². The lowest BCUT2D eigenvalue weighted by Crippen LogP contribution is -2.55. The van der Waals surface area contributed by atoms with Crippen LogP contribution >= 0.6 is 11.6 Å². The normalized spacial score (nSPS) is 23.4. The number of rotatable bonds is 8. The van der Waals surface area contributed by atoms with Crippen LogP contribution < -0.4 is 10.5 Å². The number of nitrogens with one attached hydrogen (secondary N) is 1. The maximum atomic E-state index is 12.5. The third kappa shape index (κ3) is 4.60. The lowest BCUT2D eigenvalue weighted by Gasteiger charge is -2.42. The quantitative estimate of drug-likeness (QED) is 0.604. The second kappa shape index (κ2) is 7.06. The van der Waals surface area contributed by atoms with E-state index in [0.717, 1.165) is 19.4 Å². The minimum absolute atomic E-state index is 0.00814. The fourth-order valence-electron chi connectivity index (χ4n) is 3.06. The van der Waals surface area contributed by atoms with Crippen LogP contribution in [0.1, 0.15) is 25.7 Å². The average molecular weight is 389 g/mol. The second-order valence-electron chi connectivity index (χ2n) is 6.75. The highest BCUT2D eigenvalue weighted by Crippen LogP contribution is 2.34. The van der Waals surface area contributed by atoms with Crippen molar-refractivity contribution in [3.63, 3.8) is 0 Å². The lowest BCUT2D eigenvalue weighted by atomic mass is 9.86. The number of aromatic nitrogens is 1. The number of sulfonamides is 1. The largest absolute Gasteiger partial charge is 0.480 e. The molecule has 0 unspecified atom stereocenters. The van der Waals surface area contributed by atoms with Crippen molar-refractivity contribution < 1.29 is 18.3 Å². The molecule has 0 amide bonds. The number of carboxylic acids is 1. The minimum atomic E-state index is -3.81. The predicted octanol–water partition coefficient (Wildman–Crippen LogP) is 0.923. The molecule has 0 aliphatic heterocycles. The molecule has 2 saturated carbocycles. The highest BCUT2D eigenvalue weighted by molar-refractivity contribution is 7.89. The van der Waals surface area contributed by atoms with Gasteiger partial charge in [-0.3, -0.25) is 9.69 Å². The van der Waals surface area contributed by atoms with Crippen molar-refractivity contribution in [1.29, 1.82) is 0 Å². The van der Waals surface area contributed by atoms with Crippen molar-refractivity contribution in [2.45, 2.75) is 42.7 Å². The van der Waals surface area contributed by atoms with Crippen molar-refractivity contribution in [3.8, 4) is 0 Å². The van der Waals surface area contributed by atoms with E-state index < -0.39 is 16.0 Å². The molecule has 3 rings (SSSR count). The van der Waals surface area contributed by atoms with Gasteiger partial charge in [-0.15, -0.1) is 0 Å². The van der Waals surface area contributed by atoms with Gasteiger partial charge in [0.05, 0.1) is 11.6 Å². The molecule has 0 aromatic carbocycles. The third-order valence-electron chi connectivity index (χ3n) is 4.62.